The lowest BCUT2D eigenvalue weighted by atomic mass is 10.0. The second-order valence-corrected chi connectivity index (χ2v) is 5.54. The number of hydrogen-bond acceptors (Lipinski definition) is 3. The van der Waals surface area contributed by atoms with Crippen molar-refractivity contribution in [1.82, 2.24) is 0 Å². The van der Waals surface area contributed by atoms with E-state index in [-0.39, 0.29) is 11.6 Å². The third-order valence-corrected chi connectivity index (χ3v) is 2.45. The van der Waals surface area contributed by atoms with Gasteiger partial charge in [0.2, 0.25) is 0 Å². The number of aryl methyl sites for hydroxylation is 1. The number of aliphatic hydroxyl groups is 1. The quantitative estimate of drug-likeness (QED) is 0.849. The van der Waals surface area contributed by atoms with Crippen LogP contribution in [0.4, 0.5) is 0 Å². The average Bonchev–Trinajstić information content (AvgIpc) is 2.18. The molecule has 0 fully saturated rings. The van der Waals surface area contributed by atoms with Gasteiger partial charge in [0, 0.05) is 6.04 Å². The summed E-state index contributed by atoms with van der Waals surface area (Å²) < 4.78 is 5.81. The molecule has 0 aliphatic heterocycles. The standard InChI is InChI=1S/C14H23NO2/c1-9-8-11(13(16)10(2)15)6-7-12(9)17-14(3,4)5/h6-8,10,13,16H,15H2,1-5H3. The van der Waals surface area contributed by atoms with E-state index in [0.29, 0.717) is 0 Å². The highest BCUT2D eigenvalue weighted by Gasteiger charge is 2.16. The topological polar surface area (TPSA) is 55.5 Å². The van der Waals surface area contributed by atoms with Crippen molar-refractivity contribution in [1.29, 1.82) is 0 Å². The first-order valence-electron chi connectivity index (χ1n) is 5.94. The van der Waals surface area contributed by atoms with E-state index in [2.05, 4.69) is 0 Å². The number of aliphatic hydroxyl groups excluding tert-OH is 1. The van der Waals surface area contributed by atoms with Gasteiger partial charge in [-0.1, -0.05) is 6.07 Å². The zero-order valence-corrected chi connectivity index (χ0v) is 11.3. The van der Waals surface area contributed by atoms with Gasteiger partial charge in [-0.25, -0.2) is 0 Å². The first kappa shape index (κ1) is 14.0. The Morgan fingerprint density at radius 3 is 2.29 bits per heavy atom. The van der Waals surface area contributed by atoms with Gasteiger partial charge in [0.1, 0.15) is 11.4 Å². The van der Waals surface area contributed by atoms with Crippen LogP contribution in [0.1, 0.15) is 44.9 Å². The van der Waals surface area contributed by atoms with Crippen molar-refractivity contribution in [2.45, 2.75) is 52.4 Å². The van der Waals surface area contributed by atoms with E-state index in [1.165, 1.54) is 0 Å². The number of nitrogens with two attached hydrogens (primary N) is 1. The van der Waals surface area contributed by atoms with Gasteiger partial charge in [0.05, 0.1) is 6.10 Å². The monoisotopic (exact) mass is 237 g/mol. The van der Waals surface area contributed by atoms with Gasteiger partial charge in [-0.15, -0.1) is 0 Å². The Morgan fingerprint density at radius 2 is 1.88 bits per heavy atom. The first-order valence-corrected chi connectivity index (χ1v) is 5.94. The van der Waals surface area contributed by atoms with E-state index >= 15 is 0 Å². The fraction of sp³-hybridized carbons (Fsp3) is 0.571. The highest BCUT2D eigenvalue weighted by molar-refractivity contribution is 5.37. The lowest BCUT2D eigenvalue weighted by Gasteiger charge is -2.23. The molecule has 1 aromatic carbocycles. The Labute approximate surface area is 104 Å². The van der Waals surface area contributed by atoms with E-state index in [4.69, 9.17) is 10.5 Å². The molecule has 0 aromatic heterocycles. The van der Waals surface area contributed by atoms with E-state index in [0.717, 1.165) is 16.9 Å². The van der Waals surface area contributed by atoms with Gasteiger partial charge in [-0.05, 0) is 57.9 Å². The predicted octanol–water partition coefficient (Wildman–Crippen LogP) is 2.55. The molecule has 0 heterocycles. The van der Waals surface area contributed by atoms with Gasteiger partial charge in [-0.3, -0.25) is 0 Å². The molecule has 1 rings (SSSR count). The fourth-order valence-electron chi connectivity index (χ4n) is 1.60. The maximum absolute atomic E-state index is 9.88. The molecule has 3 heteroatoms. The van der Waals surface area contributed by atoms with Crippen molar-refractivity contribution in [3.8, 4) is 5.75 Å². The molecule has 0 aliphatic rings. The van der Waals surface area contributed by atoms with Crippen molar-refractivity contribution >= 4 is 0 Å². The molecule has 2 atom stereocenters. The molecule has 96 valence electrons. The minimum Gasteiger partial charge on any atom is -0.488 e. The van der Waals surface area contributed by atoms with Gasteiger partial charge in [0.25, 0.3) is 0 Å². The van der Waals surface area contributed by atoms with Crippen LogP contribution in [-0.4, -0.2) is 16.7 Å². The molecule has 0 saturated carbocycles. The summed E-state index contributed by atoms with van der Waals surface area (Å²) in [6.07, 6.45) is -0.627. The molecule has 0 aliphatic carbocycles. The van der Waals surface area contributed by atoms with Crippen LogP contribution in [-0.2, 0) is 0 Å². The van der Waals surface area contributed by atoms with Crippen LogP contribution in [0.3, 0.4) is 0 Å². The van der Waals surface area contributed by atoms with E-state index in [9.17, 15) is 5.11 Å². The zero-order chi connectivity index (χ0) is 13.2. The van der Waals surface area contributed by atoms with Crippen LogP contribution >= 0.6 is 0 Å². The van der Waals surface area contributed by atoms with Crippen LogP contribution in [0.2, 0.25) is 0 Å². The normalized spacial score (nSPS) is 15.5. The second kappa shape index (κ2) is 5.07. The smallest absolute Gasteiger partial charge is 0.123 e. The Hall–Kier alpha value is -1.06. The van der Waals surface area contributed by atoms with Crippen LogP contribution in [0.25, 0.3) is 0 Å². The lowest BCUT2D eigenvalue weighted by molar-refractivity contribution is 0.129. The molecule has 0 spiro atoms. The summed E-state index contributed by atoms with van der Waals surface area (Å²) in [7, 11) is 0. The molecular formula is C14H23NO2. The lowest BCUT2D eigenvalue weighted by Crippen LogP contribution is -2.25. The summed E-state index contributed by atoms with van der Waals surface area (Å²) in [5.41, 5.74) is 7.30. The Bertz CT molecular complexity index is 380. The maximum atomic E-state index is 9.88. The van der Waals surface area contributed by atoms with Crippen molar-refractivity contribution in [3.05, 3.63) is 29.3 Å². The molecule has 0 bridgehead atoms. The van der Waals surface area contributed by atoms with E-state index in [1.807, 2.05) is 45.9 Å². The van der Waals surface area contributed by atoms with Crippen molar-refractivity contribution in [2.24, 2.45) is 5.73 Å². The Kier molecular flexibility index (Phi) is 4.17. The number of ether oxygens (including phenoxy) is 1. The molecule has 0 saturated heterocycles. The molecule has 17 heavy (non-hydrogen) atoms. The van der Waals surface area contributed by atoms with Crippen LogP contribution in [0.5, 0.6) is 5.75 Å². The zero-order valence-electron chi connectivity index (χ0n) is 11.3. The van der Waals surface area contributed by atoms with E-state index < -0.39 is 6.10 Å². The molecule has 3 nitrogen and oxygen atoms in total. The maximum Gasteiger partial charge on any atom is 0.123 e. The minimum atomic E-state index is -0.627. The summed E-state index contributed by atoms with van der Waals surface area (Å²) in [6.45, 7) is 9.80. The highest BCUT2D eigenvalue weighted by Crippen LogP contribution is 2.26. The van der Waals surface area contributed by atoms with Crippen molar-refractivity contribution < 1.29 is 9.84 Å². The SMILES string of the molecule is Cc1cc(C(O)C(C)N)ccc1OC(C)(C)C. The van der Waals surface area contributed by atoms with Crippen LogP contribution in [0, 0.1) is 6.92 Å². The van der Waals surface area contributed by atoms with Gasteiger partial charge >= 0.3 is 0 Å². The number of benzene rings is 1. The summed E-state index contributed by atoms with van der Waals surface area (Å²) in [4.78, 5) is 0. The van der Waals surface area contributed by atoms with Crippen molar-refractivity contribution in [3.63, 3.8) is 0 Å². The largest absolute Gasteiger partial charge is 0.488 e. The average molecular weight is 237 g/mol. The number of hydrogen-bond donors (Lipinski definition) is 2. The summed E-state index contributed by atoms with van der Waals surface area (Å²) in [5, 5.41) is 9.88. The molecule has 3 N–H and O–H groups in total. The minimum absolute atomic E-state index is 0.216. The Morgan fingerprint density at radius 1 is 1.29 bits per heavy atom. The molecule has 1 aromatic rings. The van der Waals surface area contributed by atoms with Gasteiger partial charge in [0.15, 0.2) is 0 Å². The first-order chi connectivity index (χ1) is 7.70. The summed E-state index contributed by atoms with van der Waals surface area (Å²) in [6, 6.07) is 5.41. The second-order valence-electron chi connectivity index (χ2n) is 5.54. The molecule has 0 radical (unpaired) electrons. The van der Waals surface area contributed by atoms with Gasteiger partial charge < -0.3 is 15.6 Å². The Balaban J connectivity index is 2.94. The molecular weight excluding hydrogens is 214 g/mol. The predicted molar refractivity (Wildman–Crippen MR) is 70.2 cm³/mol. The summed E-state index contributed by atoms with van der Waals surface area (Å²) in [5.74, 6) is 0.845. The third kappa shape index (κ3) is 4.02. The van der Waals surface area contributed by atoms with Crippen LogP contribution in [0.15, 0.2) is 18.2 Å². The van der Waals surface area contributed by atoms with E-state index in [1.54, 1.807) is 6.92 Å². The number of rotatable bonds is 3. The summed E-state index contributed by atoms with van der Waals surface area (Å²) >= 11 is 0. The molecule has 0 amide bonds. The van der Waals surface area contributed by atoms with Crippen LogP contribution < -0.4 is 10.5 Å². The fourth-order valence-corrected chi connectivity index (χ4v) is 1.60. The van der Waals surface area contributed by atoms with Gasteiger partial charge in [-0.2, -0.15) is 0 Å². The highest BCUT2D eigenvalue weighted by atomic mass is 16.5. The van der Waals surface area contributed by atoms with Crippen molar-refractivity contribution in [2.75, 3.05) is 0 Å². The molecule has 2 unspecified atom stereocenters. The third-order valence-electron chi connectivity index (χ3n) is 2.45.